The molecule has 1 aromatic carbocycles. The molecule has 0 unspecified atom stereocenters. The Balaban J connectivity index is 0.00000210. The summed E-state index contributed by atoms with van der Waals surface area (Å²) in [5.74, 6) is 3.09. The van der Waals surface area contributed by atoms with Gasteiger partial charge in [0.1, 0.15) is 0 Å². The lowest BCUT2D eigenvalue weighted by atomic mass is 9.53. The number of primary amides is 1. The molecule has 4 aliphatic carbocycles. The summed E-state index contributed by atoms with van der Waals surface area (Å²) in [7, 11) is 1.57. The number of rotatable bonds is 7. The molecule has 0 aromatic heterocycles. The third kappa shape index (κ3) is 4.30. The third-order valence-electron chi connectivity index (χ3n) is 6.35. The van der Waals surface area contributed by atoms with E-state index in [2.05, 4.69) is 5.32 Å². The molecule has 0 heterocycles. The van der Waals surface area contributed by atoms with Gasteiger partial charge in [0.15, 0.2) is 18.1 Å². The van der Waals surface area contributed by atoms with E-state index >= 15 is 0 Å². The molecule has 5 rings (SSSR count). The van der Waals surface area contributed by atoms with Crippen LogP contribution in [0.5, 0.6) is 11.5 Å². The molecule has 5 nitrogen and oxygen atoms in total. The smallest absolute Gasteiger partial charge is 0.255 e. The molecule has 4 bridgehead atoms. The van der Waals surface area contributed by atoms with Crippen LogP contribution in [-0.4, -0.2) is 25.2 Å². The van der Waals surface area contributed by atoms with E-state index < -0.39 is 5.91 Å². The summed E-state index contributed by atoms with van der Waals surface area (Å²) in [5, 5.41) is 4.30. The van der Waals surface area contributed by atoms with Crippen molar-refractivity contribution in [3.05, 3.63) is 22.7 Å². The van der Waals surface area contributed by atoms with Crippen molar-refractivity contribution in [2.24, 2.45) is 23.5 Å². The average Bonchev–Trinajstić information content (AvgIpc) is 2.57. The van der Waals surface area contributed by atoms with E-state index in [1.807, 2.05) is 12.1 Å². The molecule has 4 fully saturated rings. The van der Waals surface area contributed by atoms with Crippen molar-refractivity contribution in [3.8, 4) is 11.5 Å². The van der Waals surface area contributed by atoms with Crippen LogP contribution < -0.4 is 32.9 Å². The number of amides is 1. The van der Waals surface area contributed by atoms with Gasteiger partial charge >= 0.3 is 0 Å². The maximum Gasteiger partial charge on any atom is 0.255 e. The van der Waals surface area contributed by atoms with Crippen molar-refractivity contribution in [3.63, 3.8) is 0 Å². The number of ether oxygens (including phenoxy) is 2. The first kappa shape index (κ1) is 20.6. The van der Waals surface area contributed by atoms with Gasteiger partial charge in [0.05, 0.1) is 12.1 Å². The topological polar surface area (TPSA) is 73.6 Å². The van der Waals surface area contributed by atoms with Crippen molar-refractivity contribution < 1.29 is 26.7 Å². The van der Waals surface area contributed by atoms with Crippen LogP contribution in [0.1, 0.15) is 44.1 Å². The van der Waals surface area contributed by atoms with Gasteiger partial charge in [0, 0.05) is 12.1 Å². The minimum atomic E-state index is -0.546. The summed E-state index contributed by atoms with van der Waals surface area (Å²) in [6, 6.07) is 3.81. The Labute approximate surface area is 171 Å². The molecule has 150 valence electrons. The second kappa shape index (κ2) is 8.06. The highest BCUT2D eigenvalue weighted by Gasteiger charge is 2.50. The third-order valence-corrected chi connectivity index (χ3v) is 6.63. The number of carbonyl (C=O) groups is 1. The van der Waals surface area contributed by atoms with Gasteiger partial charge in [-0.1, -0.05) is 11.6 Å². The lowest BCUT2D eigenvalue weighted by Gasteiger charge is -2.57. The monoisotopic (exact) mass is 413 g/mol. The molecule has 27 heavy (non-hydrogen) atoms. The molecular weight excluding hydrogens is 387 g/mol. The van der Waals surface area contributed by atoms with Gasteiger partial charge in [-0.3, -0.25) is 4.79 Å². The normalized spacial score (nSPS) is 30.7. The Morgan fingerprint density at radius 1 is 1.22 bits per heavy atom. The SMILES string of the molecule is COc1cc(CNC23CC4CC(CC(C4)C2)C3)cc(Cl)c1OCC(N)=O.[Cl-]. The number of nitrogens with one attached hydrogen (secondary N) is 1. The van der Waals surface area contributed by atoms with Crippen LogP contribution >= 0.6 is 11.6 Å². The van der Waals surface area contributed by atoms with E-state index in [9.17, 15) is 4.79 Å². The van der Waals surface area contributed by atoms with E-state index in [1.165, 1.54) is 38.5 Å². The second-order valence-corrected chi connectivity index (χ2v) is 8.82. The Kier molecular flexibility index (Phi) is 6.14. The van der Waals surface area contributed by atoms with E-state index in [1.54, 1.807) is 7.11 Å². The van der Waals surface area contributed by atoms with Crippen LogP contribution in [0.4, 0.5) is 0 Å². The van der Waals surface area contributed by atoms with Crippen molar-refractivity contribution in [2.45, 2.75) is 50.6 Å². The zero-order valence-corrected chi connectivity index (χ0v) is 17.1. The molecule has 1 amide bonds. The molecule has 4 aliphatic rings. The van der Waals surface area contributed by atoms with Crippen LogP contribution in [0.15, 0.2) is 12.1 Å². The van der Waals surface area contributed by atoms with E-state index in [-0.39, 0.29) is 19.0 Å². The van der Waals surface area contributed by atoms with E-state index in [0.29, 0.717) is 22.1 Å². The second-order valence-electron chi connectivity index (χ2n) is 8.42. The average molecular weight is 414 g/mol. The van der Waals surface area contributed by atoms with Gasteiger partial charge in [0.2, 0.25) is 0 Å². The molecule has 0 radical (unpaired) electrons. The first-order valence-electron chi connectivity index (χ1n) is 9.49. The Morgan fingerprint density at radius 3 is 2.33 bits per heavy atom. The lowest BCUT2D eigenvalue weighted by molar-refractivity contribution is -0.119. The summed E-state index contributed by atoms with van der Waals surface area (Å²) in [6.07, 6.45) is 8.24. The predicted octanol–water partition coefficient (Wildman–Crippen LogP) is 0.275. The molecule has 0 aliphatic heterocycles. The predicted molar refractivity (Wildman–Crippen MR) is 100 cm³/mol. The molecular formula is C20H27Cl2N2O3-. The number of carbonyl (C=O) groups excluding carboxylic acids is 1. The van der Waals surface area contributed by atoms with Gasteiger partial charge in [-0.2, -0.15) is 0 Å². The highest BCUT2D eigenvalue weighted by molar-refractivity contribution is 6.32. The maximum absolute atomic E-state index is 11.0. The fraction of sp³-hybridized carbons (Fsp3) is 0.650. The van der Waals surface area contributed by atoms with Gasteiger partial charge in [-0.25, -0.2) is 0 Å². The standard InChI is InChI=1S/C20H27ClN2O3.ClH/c1-25-17-6-15(5-16(21)19(17)26-11-18(22)24)10-23-20-7-12-2-13(8-20)4-14(3-12)9-20;/h5-6,12-14,23H,2-4,7-11H2,1H3,(H2,22,24);1H/p-1. The summed E-state index contributed by atoms with van der Waals surface area (Å²) >= 11 is 6.37. The molecule has 1 aromatic rings. The van der Waals surface area contributed by atoms with E-state index in [0.717, 1.165) is 29.9 Å². The number of nitrogens with two attached hydrogens (primary N) is 1. The zero-order valence-electron chi connectivity index (χ0n) is 15.6. The van der Waals surface area contributed by atoms with Gasteiger partial charge in [-0.15, -0.1) is 0 Å². The molecule has 4 saturated carbocycles. The number of hydrogen-bond acceptors (Lipinski definition) is 4. The van der Waals surface area contributed by atoms with Crippen LogP contribution in [0.2, 0.25) is 5.02 Å². The number of benzene rings is 1. The fourth-order valence-electron chi connectivity index (χ4n) is 5.78. The van der Waals surface area contributed by atoms with Crippen molar-refractivity contribution in [2.75, 3.05) is 13.7 Å². The largest absolute Gasteiger partial charge is 1.00 e. The highest BCUT2D eigenvalue weighted by Crippen LogP contribution is 2.55. The highest BCUT2D eigenvalue weighted by atomic mass is 35.5. The molecule has 0 spiro atoms. The number of methoxy groups -OCH3 is 1. The number of hydrogen-bond donors (Lipinski definition) is 2. The Bertz CT molecular complexity index is 675. The number of halogens is 2. The summed E-state index contributed by atoms with van der Waals surface area (Å²) in [4.78, 5) is 11.0. The maximum atomic E-state index is 11.0. The fourth-order valence-corrected chi connectivity index (χ4v) is 6.06. The first-order chi connectivity index (χ1) is 12.5. The summed E-state index contributed by atoms with van der Waals surface area (Å²) < 4.78 is 10.8. The molecule has 3 N–H and O–H groups in total. The van der Waals surface area contributed by atoms with Crippen LogP contribution in [0.3, 0.4) is 0 Å². The van der Waals surface area contributed by atoms with Crippen molar-refractivity contribution in [1.29, 1.82) is 0 Å². The van der Waals surface area contributed by atoms with Crippen LogP contribution in [0, 0.1) is 17.8 Å². The summed E-state index contributed by atoms with van der Waals surface area (Å²) in [6.45, 7) is 0.541. The van der Waals surface area contributed by atoms with E-state index in [4.69, 9.17) is 26.8 Å². The molecule has 0 atom stereocenters. The molecule has 7 heteroatoms. The summed E-state index contributed by atoms with van der Waals surface area (Å²) in [5.41, 5.74) is 6.51. The minimum absolute atomic E-state index is 0. The first-order valence-corrected chi connectivity index (χ1v) is 9.87. The molecule has 0 saturated heterocycles. The zero-order chi connectivity index (χ0) is 18.3. The Morgan fingerprint density at radius 2 is 1.81 bits per heavy atom. The van der Waals surface area contributed by atoms with Crippen LogP contribution in [0.25, 0.3) is 0 Å². The lowest BCUT2D eigenvalue weighted by Crippen LogP contribution is -3.00. The van der Waals surface area contributed by atoms with Gasteiger partial charge in [-0.05, 0) is 74.0 Å². The van der Waals surface area contributed by atoms with Crippen LogP contribution in [-0.2, 0) is 11.3 Å². The van der Waals surface area contributed by atoms with Gasteiger partial charge in [0.25, 0.3) is 5.91 Å². The minimum Gasteiger partial charge on any atom is -1.00 e. The van der Waals surface area contributed by atoms with Gasteiger partial charge < -0.3 is 32.9 Å². The Hall–Kier alpha value is -1.17. The van der Waals surface area contributed by atoms with Crippen molar-refractivity contribution in [1.82, 2.24) is 5.32 Å². The quantitative estimate of drug-likeness (QED) is 0.672. The van der Waals surface area contributed by atoms with Crippen molar-refractivity contribution >= 4 is 17.5 Å².